The molecular formula is C22H21N3O6S. The Kier molecular flexibility index (Phi) is 6.45. The number of methoxy groups -OCH3 is 1. The van der Waals surface area contributed by atoms with Crippen LogP contribution in [0.3, 0.4) is 0 Å². The minimum absolute atomic E-state index is 0.0836. The lowest BCUT2D eigenvalue weighted by Crippen LogP contribution is -2.16. The molecule has 32 heavy (non-hydrogen) atoms. The lowest BCUT2D eigenvalue weighted by atomic mass is 10.1. The fraction of sp³-hybridized carbons (Fsp3) is 0.136. The summed E-state index contributed by atoms with van der Waals surface area (Å²) in [6.45, 7) is 3.53. The summed E-state index contributed by atoms with van der Waals surface area (Å²) < 4.78 is 33.5. The average molecular weight is 455 g/mol. The molecule has 0 atom stereocenters. The van der Waals surface area contributed by atoms with E-state index in [-0.39, 0.29) is 27.7 Å². The quantitative estimate of drug-likeness (QED) is 0.404. The van der Waals surface area contributed by atoms with Crippen molar-refractivity contribution in [1.82, 2.24) is 0 Å². The van der Waals surface area contributed by atoms with Gasteiger partial charge in [-0.05, 0) is 49.7 Å². The molecule has 0 fully saturated rings. The molecule has 0 saturated heterocycles. The Morgan fingerprint density at radius 1 is 0.969 bits per heavy atom. The third-order valence-electron chi connectivity index (χ3n) is 4.72. The van der Waals surface area contributed by atoms with Crippen LogP contribution in [0.15, 0.2) is 65.6 Å². The predicted molar refractivity (Wildman–Crippen MR) is 121 cm³/mol. The summed E-state index contributed by atoms with van der Waals surface area (Å²) in [7, 11) is -2.71. The Hall–Kier alpha value is -3.92. The van der Waals surface area contributed by atoms with E-state index in [1.54, 1.807) is 31.2 Å². The SMILES string of the molecule is COc1ccc(S(=O)(=O)Nc2cc([N+](=O)[O-])ccc2C)cc1NC(=O)c1ccc(C)cc1. The number of anilines is 2. The van der Waals surface area contributed by atoms with Crippen molar-refractivity contribution in [3.8, 4) is 5.75 Å². The molecule has 2 N–H and O–H groups in total. The molecule has 0 radical (unpaired) electrons. The van der Waals surface area contributed by atoms with Gasteiger partial charge in [0.2, 0.25) is 0 Å². The first-order valence-corrected chi connectivity index (χ1v) is 10.9. The number of sulfonamides is 1. The van der Waals surface area contributed by atoms with Gasteiger partial charge in [-0.1, -0.05) is 23.8 Å². The minimum atomic E-state index is -4.11. The van der Waals surface area contributed by atoms with Crippen molar-refractivity contribution in [3.05, 3.63) is 87.5 Å². The van der Waals surface area contributed by atoms with Crippen LogP contribution in [-0.2, 0) is 10.0 Å². The lowest BCUT2D eigenvalue weighted by molar-refractivity contribution is -0.384. The van der Waals surface area contributed by atoms with Gasteiger partial charge >= 0.3 is 0 Å². The van der Waals surface area contributed by atoms with E-state index in [2.05, 4.69) is 10.0 Å². The van der Waals surface area contributed by atoms with Gasteiger partial charge in [-0.15, -0.1) is 0 Å². The van der Waals surface area contributed by atoms with Crippen LogP contribution in [0.1, 0.15) is 21.5 Å². The van der Waals surface area contributed by atoms with Gasteiger partial charge in [0.15, 0.2) is 0 Å². The van der Waals surface area contributed by atoms with E-state index in [9.17, 15) is 23.3 Å². The fourth-order valence-electron chi connectivity index (χ4n) is 2.89. The number of nitro benzene ring substituents is 1. The molecule has 1 amide bonds. The molecule has 166 valence electrons. The largest absolute Gasteiger partial charge is 0.495 e. The number of carbonyl (C=O) groups excluding carboxylic acids is 1. The monoisotopic (exact) mass is 455 g/mol. The first kappa shape index (κ1) is 22.8. The Balaban J connectivity index is 1.93. The summed E-state index contributed by atoms with van der Waals surface area (Å²) in [5.74, 6) is -0.156. The van der Waals surface area contributed by atoms with Gasteiger partial charge in [0.25, 0.3) is 21.6 Å². The molecule has 3 aromatic rings. The second-order valence-electron chi connectivity index (χ2n) is 7.04. The highest BCUT2D eigenvalue weighted by atomic mass is 32.2. The van der Waals surface area contributed by atoms with Gasteiger partial charge < -0.3 is 10.1 Å². The van der Waals surface area contributed by atoms with Gasteiger partial charge in [0.1, 0.15) is 5.75 Å². The zero-order chi connectivity index (χ0) is 23.5. The molecule has 0 heterocycles. The van der Waals surface area contributed by atoms with E-state index >= 15 is 0 Å². The number of aryl methyl sites for hydroxylation is 2. The summed E-state index contributed by atoms with van der Waals surface area (Å²) in [4.78, 5) is 22.9. The van der Waals surface area contributed by atoms with Crippen LogP contribution in [0.25, 0.3) is 0 Å². The van der Waals surface area contributed by atoms with Crippen LogP contribution >= 0.6 is 0 Å². The van der Waals surface area contributed by atoms with Crippen molar-refractivity contribution < 1.29 is 22.9 Å². The number of hydrogen-bond acceptors (Lipinski definition) is 6. The number of rotatable bonds is 7. The number of carbonyl (C=O) groups is 1. The molecular weight excluding hydrogens is 434 g/mol. The van der Waals surface area contributed by atoms with Gasteiger partial charge in [-0.2, -0.15) is 0 Å². The summed E-state index contributed by atoms with van der Waals surface area (Å²) in [5.41, 5.74) is 1.91. The first-order valence-electron chi connectivity index (χ1n) is 9.44. The van der Waals surface area contributed by atoms with Crippen LogP contribution in [0.2, 0.25) is 0 Å². The Morgan fingerprint density at radius 3 is 2.28 bits per heavy atom. The first-order chi connectivity index (χ1) is 15.1. The fourth-order valence-corrected chi connectivity index (χ4v) is 4.04. The molecule has 0 aliphatic heterocycles. The molecule has 0 bridgehead atoms. The van der Waals surface area contributed by atoms with Crippen LogP contribution in [0.5, 0.6) is 5.75 Å². The molecule has 3 aromatic carbocycles. The number of benzene rings is 3. The second-order valence-corrected chi connectivity index (χ2v) is 8.73. The summed E-state index contributed by atoms with van der Waals surface area (Å²) in [6.07, 6.45) is 0. The zero-order valence-corrected chi connectivity index (χ0v) is 18.4. The number of hydrogen-bond donors (Lipinski definition) is 2. The van der Waals surface area contributed by atoms with Crippen LogP contribution in [-0.4, -0.2) is 26.4 Å². The Bertz CT molecular complexity index is 1290. The number of non-ortho nitro benzene ring substituents is 1. The van der Waals surface area contributed by atoms with Crippen LogP contribution in [0.4, 0.5) is 17.1 Å². The van der Waals surface area contributed by atoms with Crippen molar-refractivity contribution in [2.24, 2.45) is 0 Å². The van der Waals surface area contributed by atoms with Gasteiger partial charge in [0, 0.05) is 17.7 Å². The molecule has 0 unspecified atom stereocenters. The molecule has 0 aliphatic carbocycles. The predicted octanol–water partition coefficient (Wildman–Crippen LogP) is 4.27. The lowest BCUT2D eigenvalue weighted by Gasteiger charge is -2.14. The van der Waals surface area contributed by atoms with E-state index < -0.39 is 20.9 Å². The standard InChI is InChI=1S/C22H21N3O6S/c1-14-4-7-16(8-5-14)22(26)23-20-13-18(10-11-21(20)31-3)32(29,30)24-19-12-17(25(27)28)9-6-15(19)2/h4-13,24H,1-3H3,(H,23,26). The number of amides is 1. The van der Waals surface area contributed by atoms with E-state index in [0.29, 0.717) is 11.1 Å². The molecule has 0 saturated carbocycles. The molecule has 3 rings (SSSR count). The third-order valence-corrected chi connectivity index (χ3v) is 6.08. The van der Waals surface area contributed by atoms with Gasteiger partial charge in [-0.3, -0.25) is 19.6 Å². The topological polar surface area (TPSA) is 128 Å². The zero-order valence-electron chi connectivity index (χ0n) is 17.6. The van der Waals surface area contributed by atoms with E-state index in [0.717, 1.165) is 11.6 Å². The van der Waals surface area contributed by atoms with Crippen LogP contribution in [0, 0.1) is 24.0 Å². The maximum Gasteiger partial charge on any atom is 0.271 e. The van der Waals surface area contributed by atoms with Crippen molar-refractivity contribution in [2.45, 2.75) is 18.7 Å². The molecule has 0 aromatic heterocycles. The molecule has 0 spiro atoms. The van der Waals surface area contributed by atoms with E-state index in [1.807, 2.05) is 6.92 Å². The van der Waals surface area contributed by atoms with Gasteiger partial charge in [0.05, 0.1) is 28.3 Å². The maximum absolute atomic E-state index is 12.9. The van der Waals surface area contributed by atoms with Crippen molar-refractivity contribution in [2.75, 3.05) is 17.1 Å². The van der Waals surface area contributed by atoms with Crippen molar-refractivity contribution in [1.29, 1.82) is 0 Å². The summed E-state index contributed by atoms with van der Waals surface area (Å²) >= 11 is 0. The second kappa shape index (κ2) is 9.06. The Morgan fingerprint density at radius 2 is 1.66 bits per heavy atom. The average Bonchev–Trinajstić information content (AvgIpc) is 2.75. The van der Waals surface area contributed by atoms with Crippen molar-refractivity contribution >= 4 is 33.0 Å². The maximum atomic E-state index is 12.9. The highest BCUT2D eigenvalue weighted by Gasteiger charge is 2.20. The number of nitro groups is 1. The normalized spacial score (nSPS) is 11.0. The number of ether oxygens (including phenoxy) is 1. The number of nitrogens with zero attached hydrogens (tertiary/aromatic N) is 1. The smallest absolute Gasteiger partial charge is 0.271 e. The molecule has 9 nitrogen and oxygen atoms in total. The van der Waals surface area contributed by atoms with E-state index in [4.69, 9.17) is 4.74 Å². The van der Waals surface area contributed by atoms with Gasteiger partial charge in [-0.25, -0.2) is 8.42 Å². The highest BCUT2D eigenvalue weighted by Crippen LogP contribution is 2.30. The summed E-state index contributed by atoms with van der Waals surface area (Å²) in [6, 6.07) is 14.8. The molecule has 0 aliphatic rings. The van der Waals surface area contributed by atoms with Crippen LogP contribution < -0.4 is 14.8 Å². The Labute approximate surface area is 185 Å². The molecule has 10 heteroatoms. The minimum Gasteiger partial charge on any atom is -0.495 e. The van der Waals surface area contributed by atoms with Crippen molar-refractivity contribution in [3.63, 3.8) is 0 Å². The van der Waals surface area contributed by atoms with E-state index in [1.165, 1.54) is 37.4 Å². The third kappa shape index (κ3) is 5.03. The highest BCUT2D eigenvalue weighted by molar-refractivity contribution is 7.92. The number of nitrogens with one attached hydrogen (secondary N) is 2. The summed E-state index contributed by atoms with van der Waals surface area (Å²) in [5, 5.41) is 13.7.